The van der Waals surface area contributed by atoms with Gasteiger partial charge in [-0.1, -0.05) is 55.0 Å². The van der Waals surface area contributed by atoms with Crippen LogP contribution in [0, 0.1) is 18.8 Å². The zero-order chi connectivity index (χ0) is 26.5. The Morgan fingerprint density at radius 1 is 1.05 bits per heavy atom. The number of fused-ring (bicyclic) bond motifs is 2. The standard InChI is InChI=1S/C28H34ClN3O5/c1-4-27-12-8-14-30(3)24(34)20(27)21-25(35)32(15-5-6-17-33)23-26(36)31(16-9-13-28(21,23)37-27)22-18(2)10-7-11-19(22)29/h7-13,20-21,23,33H,4-6,14-17H2,1-3H3/t20-,21+,23?,27+,28+/m1/s1. The Hall–Kier alpha value is -2.68. The number of unbranched alkanes of at least 4 members (excludes halogenated alkanes) is 1. The molecule has 4 aliphatic rings. The van der Waals surface area contributed by atoms with Crippen molar-refractivity contribution in [2.75, 3.05) is 38.2 Å². The molecule has 1 aromatic carbocycles. The number of aliphatic hydroxyl groups excluding tert-OH is 1. The molecule has 1 spiro atoms. The highest BCUT2D eigenvalue weighted by Crippen LogP contribution is 2.58. The molecular weight excluding hydrogens is 494 g/mol. The van der Waals surface area contributed by atoms with Crippen LogP contribution in [0.3, 0.4) is 0 Å². The lowest BCUT2D eigenvalue weighted by Gasteiger charge is -2.38. The van der Waals surface area contributed by atoms with E-state index in [4.69, 9.17) is 16.3 Å². The Morgan fingerprint density at radius 2 is 1.81 bits per heavy atom. The molecule has 2 fully saturated rings. The highest BCUT2D eigenvalue weighted by molar-refractivity contribution is 6.34. The quantitative estimate of drug-likeness (QED) is 0.454. The molecule has 4 heterocycles. The van der Waals surface area contributed by atoms with Crippen molar-refractivity contribution in [3.63, 3.8) is 0 Å². The second-order valence-corrected chi connectivity index (χ2v) is 10.9. The van der Waals surface area contributed by atoms with E-state index in [2.05, 4.69) is 0 Å². The normalized spacial score (nSPS) is 32.9. The van der Waals surface area contributed by atoms with Gasteiger partial charge in [-0.15, -0.1) is 0 Å². The van der Waals surface area contributed by atoms with Crippen LogP contribution >= 0.6 is 11.6 Å². The lowest BCUT2D eigenvalue weighted by atomic mass is 9.73. The van der Waals surface area contributed by atoms with Crippen LogP contribution in [-0.4, -0.2) is 83.2 Å². The minimum absolute atomic E-state index is 0.00773. The third-order valence-corrected chi connectivity index (χ3v) is 8.71. The SMILES string of the molecule is CC[C@]12C=CCN(C)C(=O)[C@H]1[C@H]1C(=O)N(CCCCO)C3C(=O)N(c4c(C)cccc4Cl)CC=C[C@@]31O2. The summed E-state index contributed by atoms with van der Waals surface area (Å²) in [5, 5.41) is 9.83. The molecule has 37 heavy (non-hydrogen) atoms. The first-order chi connectivity index (χ1) is 17.7. The van der Waals surface area contributed by atoms with E-state index in [-0.39, 0.29) is 37.4 Å². The summed E-state index contributed by atoms with van der Waals surface area (Å²) in [6, 6.07) is 4.53. The molecule has 1 N–H and O–H groups in total. The van der Waals surface area contributed by atoms with Crippen molar-refractivity contribution >= 4 is 35.0 Å². The van der Waals surface area contributed by atoms with Crippen molar-refractivity contribution in [2.24, 2.45) is 11.8 Å². The van der Waals surface area contributed by atoms with Crippen molar-refractivity contribution < 1.29 is 24.2 Å². The molecule has 2 saturated heterocycles. The fourth-order valence-corrected chi connectivity index (χ4v) is 7.01. The topological polar surface area (TPSA) is 90.4 Å². The van der Waals surface area contributed by atoms with Crippen molar-refractivity contribution in [1.29, 1.82) is 0 Å². The van der Waals surface area contributed by atoms with Gasteiger partial charge in [0.05, 0.1) is 28.1 Å². The van der Waals surface area contributed by atoms with Gasteiger partial charge in [-0.2, -0.15) is 0 Å². The molecular formula is C28H34ClN3O5. The second-order valence-electron chi connectivity index (χ2n) is 10.5. The fraction of sp³-hybridized carbons (Fsp3) is 0.536. The molecule has 5 atom stereocenters. The first-order valence-electron chi connectivity index (χ1n) is 13.0. The molecule has 0 bridgehead atoms. The highest BCUT2D eigenvalue weighted by atomic mass is 35.5. The number of likely N-dealkylation sites (N-methyl/N-ethyl adjacent to an activating group) is 1. The van der Waals surface area contributed by atoms with Crippen LogP contribution in [0.15, 0.2) is 42.5 Å². The molecule has 4 aliphatic heterocycles. The smallest absolute Gasteiger partial charge is 0.253 e. The predicted octanol–water partition coefficient (Wildman–Crippen LogP) is 2.71. The first kappa shape index (κ1) is 25.9. The van der Waals surface area contributed by atoms with E-state index in [9.17, 15) is 19.5 Å². The van der Waals surface area contributed by atoms with Gasteiger partial charge in [0.1, 0.15) is 11.6 Å². The number of rotatable bonds is 6. The van der Waals surface area contributed by atoms with E-state index < -0.39 is 29.1 Å². The van der Waals surface area contributed by atoms with E-state index in [1.54, 1.807) is 27.8 Å². The summed E-state index contributed by atoms with van der Waals surface area (Å²) in [5.74, 6) is -2.27. The minimum atomic E-state index is -1.30. The largest absolute Gasteiger partial charge is 0.396 e. The number of halogens is 1. The number of carbonyl (C=O) groups is 3. The number of benzene rings is 1. The molecule has 3 amide bonds. The molecule has 8 nitrogen and oxygen atoms in total. The van der Waals surface area contributed by atoms with Gasteiger partial charge in [0.15, 0.2) is 0 Å². The van der Waals surface area contributed by atoms with Gasteiger partial charge in [0, 0.05) is 33.3 Å². The van der Waals surface area contributed by atoms with Crippen LogP contribution in [0.4, 0.5) is 5.69 Å². The second kappa shape index (κ2) is 9.57. The number of anilines is 1. The monoisotopic (exact) mass is 527 g/mol. The molecule has 0 radical (unpaired) electrons. The fourth-order valence-electron chi connectivity index (χ4n) is 6.68. The number of amides is 3. The maximum atomic E-state index is 14.5. The third-order valence-electron chi connectivity index (χ3n) is 8.41. The van der Waals surface area contributed by atoms with Gasteiger partial charge in [-0.3, -0.25) is 14.4 Å². The van der Waals surface area contributed by atoms with E-state index >= 15 is 0 Å². The number of para-hydroxylation sites is 1. The number of nitrogens with zero attached hydrogens (tertiary/aromatic N) is 3. The van der Waals surface area contributed by atoms with Crippen LogP contribution < -0.4 is 4.90 Å². The van der Waals surface area contributed by atoms with Gasteiger partial charge >= 0.3 is 0 Å². The van der Waals surface area contributed by atoms with Crippen LogP contribution in [0.1, 0.15) is 31.7 Å². The van der Waals surface area contributed by atoms with Gasteiger partial charge in [-0.05, 0) is 37.8 Å². The summed E-state index contributed by atoms with van der Waals surface area (Å²) in [4.78, 5) is 47.2. The summed E-state index contributed by atoms with van der Waals surface area (Å²) in [6.45, 7) is 4.83. The Kier molecular flexibility index (Phi) is 6.71. The Morgan fingerprint density at radius 3 is 2.51 bits per heavy atom. The lowest BCUT2D eigenvalue weighted by Crippen LogP contribution is -2.56. The van der Waals surface area contributed by atoms with E-state index in [0.717, 1.165) is 5.56 Å². The van der Waals surface area contributed by atoms with Gasteiger partial charge in [0.2, 0.25) is 11.8 Å². The summed E-state index contributed by atoms with van der Waals surface area (Å²) >= 11 is 6.58. The number of carbonyl (C=O) groups excluding carboxylic acids is 3. The molecule has 1 aromatic rings. The van der Waals surface area contributed by atoms with Gasteiger partial charge in [-0.25, -0.2) is 0 Å². The molecule has 0 saturated carbocycles. The maximum absolute atomic E-state index is 14.5. The van der Waals surface area contributed by atoms with Gasteiger partial charge in [0.25, 0.3) is 5.91 Å². The van der Waals surface area contributed by atoms with Crippen molar-refractivity contribution in [3.05, 3.63) is 53.1 Å². The molecule has 0 aromatic heterocycles. The van der Waals surface area contributed by atoms with Crippen LogP contribution in [0.5, 0.6) is 0 Å². The van der Waals surface area contributed by atoms with E-state index in [1.165, 1.54) is 0 Å². The molecule has 1 unspecified atom stereocenters. The van der Waals surface area contributed by atoms with Crippen molar-refractivity contribution in [2.45, 2.75) is 50.4 Å². The predicted molar refractivity (Wildman–Crippen MR) is 140 cm³/mol. The summed E-state index contributed by atoms with van der Waals surface area (Å²) in [5.41, 5.74) is -0.830. The average Bonchev–Trinajstić information content (AvgIpc) is 3.16. The van der Waals surface area contributed by atoms with Crippen molar-refractivity contribution in [1.82, 2.24) is 9.80 Å². The third kappa shape index (κ3) is 3.75. The first-order valence-corrected chi connectivity index (χ1v) is 13.4. The number of hydrogen-bond acceptors (Lipinski definition) is 5. The number of hydrogen-bond donors (Lipinski definition) is 1. The summed E-state index contributed by atoms with van der Waals surface area (Å²) in [6.07, 6.45) is 9.07. The van der Waals surface area contributed by atoms with Gasteiger partial charge < -0.3 is 24.5 Å². The minimum Gasteiger partial charge on any atom is -0.396 e. The zero-order valence-electron chi connectivity index (χ0n) is 21.5. The zero-order valence-corrected chi connectivity index (χ0v) is 22.3. The Labute approximate surface area is 222 Å². The number of aryl methyl sites for hydroxylation is 1. The van der Waals surface area contributed by atoms with Crippen LogP contribution in [-0.2, 0) is 19.1 Å². The summed E-state index contributed by atoms with van der Waals surface area (Å²) in [7, 11) is 1.73. The molecule has 0 aliphatic carbocycles. The maximum Gasteiger partial charge on any atom is 0.253 e. The molecule has 5 rings (SSSR count). The average molecular weight is 528 g/mol. The van der Waals surface area contributed by atoms with Crippen LogP contribution in [0.25, 0.3) is 0 Å². The number of ether oxygens (including phenoxy) is 1. The molecule has 198 valence electrons. The van der Waals surface area contributed by atoms with Crippen LogP contribution in [0.2, 0.25) is 5.02 Å². The number of likely N-dealkylation sites (tertiary alicyclic amines) is 1. The molecule has 9 heteroatoms. The summed E-state index contributed by atoms with van der Waals surface area (Å²) < 4.78 is 6.90. The highest BCUT2D eigenvalue weighted by Gasteiger charge is 2.75. The van der Waals surface area contributed by atoms with E-state index in [1.807, 2.05) is 50.3 Å². The number of aliphatic hydroxyl groups is 1. The van der Waals surface area contributed by atoms with Crippen molar-refractivity contribution in [3.8, 4) is 0 Å². The Bertz CT molecular complexity index is 1160. The Balaban J connectivity index is 1.67. The van der Waals surface area contributed by atoms with E-state index in [0.29, 0.717) is 36.5 Å². The lowest BCUT2D eigenvalue weighted by molar-refractivity contribution is -0.149.